The smallest absolute Gasteiger partial charge is 0.224 e. The molecule has 0 amide bonds. The second kappa shape index (κ2) is 4.29. The van der Waals surface area contributed by atoms with Crippen LogP contribution in [0.3, 0.4) is 0 Å². The van der Waals surface area contributed by atoms with Crippen LogP contribution in [-0.4, -0.2) is 5.06 Å². The minimum Gasteiger partial charge on any atom is -0.618 e. The average molecular weight is 283 g/mol. The first-order chi connectivity index (χ1) is 9.76. The van der Waals surface area contributed by atoms with Crippen molar-refractivity contribution in [2.45, 2.75) is 38.8 Å². The van der Waals surface area contributed by atoms with Gasteiger partial charge in [-0.2, -0.15) is 4.73 Å². The van der Waals surface area contributed by atoms with Crippen LogP contribution in [0.15, 0.2) is 42.6 Å². The predicted molar refractivity (Wildman–Crippen MR) is 79.4 cm³/mol. The van der Waals surface area contributed by atoms with Gasteiger partial charge in [0.2, 0.25) is 5.69 Å². The Bertz CT molecular complexity index is 693. The van der Waals surface area contributed by atoms with Gasteiger partial charge in [-0.05, 0) is 45.4 Å². The SMILES string of the molecule is CC1(C)c2cc(-c3ccccc3)[n+]([O-])cc2C(C)(C)N1[O]. The largest absolute Gasteiger partial charge is 0.618 e. The molecule has 2 aromatic rings. The zero-order valence-corrected chi connectivity index (χ0v) is 12.8. The molecule has 0 bridgehead atoms. The Morgan fingerprint density at radius 1 is 1.00 bits per heavy atom. The Morgan fingerprint density at radius 3 is 2.19 bits per heavy atom. The van der Waals surface area contributed by atoms with Gasteiger partial charge < -0.3 is 5.21 Å². The van der Waals surface area contributed by atoms with Gasteiger partial charge in [0.15, 0.2) is 6.20 Å². The fourth-order valence-electron chi connectivity index (χ4n) is 3.27. The summed E-state index contributed by atoms with van der Waals surface area (Å²) < 4.78 is 0.866. The Kier molecular flexibility index (Phi) is 2.87. The van der Waals surface area contributed by atoms with Crippen LogP contribution in [0.5, 0.6) is 0 Å². The van der Waals surface area contributed by atoms with Crippen molar-refractivity contribution in [1.29, 1.82) is 0 Å². The maximum absolute atomic E-state index is 12.6. The van der Waals surface area contributed by atoms with Gasteiger partial charge in [0, 0.05) is 17.2 Å². The topological polar surface area (TPSA) is 50.1 Å². The van der Waals surface area contributed by atoms with Crippen LogP contribution in [0.2, 0.25) is 0 Å². The van der Waals surface area contributed by atoms with Gasteiger partial charge in [-0.25, -0.2) is 0 Å². The summed E-state index contributed by atoms with van der Waals surface area (Å²) in [7, 11) is 0. The molecule has 0 saturated heterocycles. The third kappa shape index (κ3) is 1.87. The predicted octanol–water partition coefficient (Wildman–Crippen LogP) is 3.12. The van der Waals surface area contributed by atoms with Crippen molar-refractivity contribution in [3.63, 3.8) is 0 Å². The lowest BCUT2D eigenvalue weighted by atomic mass is 9.91. The maximum Gasteiger partial charge on any atom is 0.224 e. The summed E-state index contributed by atoms with van der Waals surface area (Å²) in [4.78, 5) is 0. The molecule has 1 aliphatic rings. The minimum absolute atomic E-state index is 0.577. The van der Waals surface area contributed by atoms with Gasteiger partial charge >= 0.3 is 0 Å². The van der Waals surface area contributed by atoms with E-state index in [1.807, 2.05) is 64.1 Å². The van der Waals surface area contributed by atoms with Crippen LogP contribution in [-0.2, 0) is 16.3 Å². The Balaban J connectivity index is 2.26. The molecule has 3 rings (SSSR count). The van der Waals surface area contributed by atoms with Crippen molar-refractivity contribution in [2.24, 2.45) is 0 Å². The molecule has 1 aromatic heterocycles. The summed E-state index contributed by atoms with van der Waals surface area (Å²) >= 11 is 0. The fourth-order valence-corrected chi connectivity index (χ4v) is 3.27. The summed E-state index contributed by atoms with van der Waals surface area (Å²) in [5, 5.41) is 26.0. The van der Waals surface area contributed by atoms with Crippen molar-refractivity contribution in [2.75, 3.05) is 0 Å². The van der Waals surface area contributed by atoms with Crippen molar-refractivity contribution in [1.82, 2.24) is 5.06 Å². The van der Waals surface area contributed by atoms with Crippen LogP contribution in [0, 0.1) is 5.21 Å². The molecular weight excluding hydrogens is 264 g/mol. The van der Waals surface area contributed by atoms with Crippen LogP contribution in [0.4, 0.5) is 0 Å². The number of hydrogen-bond acceptors (Lipinski definition) is 2. The van der Waals surface area contributed by atoms with Crippen molar-refractivity contribution >= 4 is 0 Å². The third-order valence-corrected chi connectivity index (χ3v) is 4.46. The van der Waals surface area contributed by atoms with Gasteiger partial charge in [-0.1, -0.05) is 18.2 Å². The molecule has 21 heavy (non-hydrogen) atoms. The van der Waals surface area contributed by atoms with Gasteiger partial charge in [-0.3, -0.25) is 0 Å². The first-order valence-electron chi connectivity index (χ1n) is 7.07. The summed E-state index contributed by atoms with van der Waals surface area (Å²) in [6.07, 6.45) is 1.55. The molecule has 0 fully saturated rings. The maximum atomic E-state index is 12.6. The number of fused-ring (bicyclic) bond motifs is 1. The highest BCUT2D eigenvalue weighted by molar-refractivity contribution is 5.59. The normalized spacial score (nSPS) is 19.5. The molecular formula is C17H19N2O2. The zero-order valence-electron chi connectivity index (χ0n) is 12.8. The summed E-state index contributed by atoms with van der Waals surface area (Å²) in [6, 6.07) is 11.4. The molecule has 4 nitrogen and oxygen atoms in total. The molecule has 1 radical (unpaired) electrons. The van der Waals surface area contributed by atoms with Gasteiger partial charge in [-0.15, -0.1) is 10.3 Å². The lowest BCUT2D eigenvalue weighted by Crippen LogP contribution is -2.41. The van der Waals surface area contributed by atoms with Crippen LogP contribution in [0.1, 0.15) is 38.8 Å². The standard InChI is InChI=1S/C17H19N2O2/c1-16(2)13-10-15(12-8-6-5-7-9-12)18(20)11-14(13)17(3,4)19(16)21/h5-11H,1-4H3. The van der Waals surface area contributed by atoms with Gasteiger partial charge in [0.05, 0.1) is 11.1 Å². The second-order valence-corrected chi connectivity index (χ2v) is 6.59. The molecule has 0 atom stereocenters. The van der Waals surface area contributed by atoms with E-state index >= 15 is 0 Å². The molecule has 1 aliphatic heterocycles. The van der Waals surface area contributed by atoms with E-state index in [0.717, 1.165) is 26.5 Å². The number of rotatable bonds is 1. The molecule has 0 saturated carbocycles. The Hall–Kier alpha value is -1.91. The van der Waals surface area contributed by atoms with Crippen LogP contribution in [0.25, 0.3) is 11.3 Å². The number of nitrogens with zero attached hydrogens (tertiary/aromatic N) is 2. The average Bonchev–Trinajstić information content (AvgIpc) is 2.58. The first kappa shape index (κ1) is 14.0. The third-order valence-electron chi connectivity index (χ3n) is 4.46. The lowest BCUT2D eigenvalue weighted by Gasteiger charge is -2.31. The van der Waals surface area contributed by atoms with E-state index in [9.17, 15) is 10.4 Å². The number of pyridine rings is 1. The van der Waals surface area contributed by atoms with E-state index in [4.69, 9.17) is 0 Å². The molecule has 109 valence electrons. The number of benzene rings is 1. The van der Waals surface area contributed by atoms with Gasteiger partial charge in [0.1, 0.15) is 0 Å². The van der Waals surface area contributed by atoms with Crippen LogP contribution >= 0.6 is 0 Å². The number of hydrogen-bond donors (Lipinski definition) is 0. The van der Waals surface area contributed by atoms with E-state index in [0.29, 0.717) is 5.69 Å². The van der Waals surface area contributed by atoms with Crippen molar-refractivity contribution < 1.29 is 9.94 Å². The van der Waals surface area contributed by atoms with E-state index < -0.39 is 11.1 Å². The van der Waals surface area contributed by atoms with Crippen molar-refractivity contribution in [3.05, 3.63) is 58.9 Å². The molecule has 4 heteroatoms. The van der Waals surface area contributed by atoms with Crippen molar-refractivity contribution in [3.8, 4) is 11.3 Å². The summed E-state index contributed by atoms with van der Waals surface area (Å²) in [5.74, 6) is 0. The fraction of sp³-hybridized carbons (Fsp3) is 0.353. The quantitative estimate of drug-likeness (QED) is 0.596. The zero-order chi connectivity index (χ0) is 15.4. The highest BCUT2D eigenvalue weighted by Crippen LogP contribution is 2.48. The Morgan fingerprint density at radius 2 is 1.57 bits per heavy atom. The van der Waals surface area contributed by atoms with E-state index in [1.165, 1.54) is 0 Å². The molecule has 0 aliphatic carbocycles. The Labute approximate surface area is 124 Å². The number of hydroxylamine groups is 2. The molecule has 2 heterocycles. The monoisotopic (exact) mass is 283 g/mol. The summed E-state index contributed by atoms with van der Waals surface area (Å²) in [6.45, 7) is 7.51. The van der Waals surface area contributed by atoms with E-state index in [2.05, 4.69) is 0 Å². The highest BCUT2D eigenvalue weighted by Gasteiger charge is 2.51. The minimum atomic E-state index is -0.694. The molecule has 0 spiro atoms. The van der Waals surface area contributed by atoms with E-state index in [-0.39, 0.29) is 0 Å². The number of aromatic nitrogens is 1. The van der Waals surface area contributed by atoms with E-state index in [1.54, 1.807) is 6.20 Å². The molecule has 1 aromatic carbocycles. The summed E-state index contributed by atoms with van der Waals surface area (Å²) in [5.41, 5.74) is 1.82. The molecule has 0 N–H and O–H groups in total. The van der Waals surface area contributed by atoms with Gasteiger partial charge in [0.25, 0.3) is 0 Å². The lowest BCUT2D eigenvalue weighted by molar-refractivity contribution is -0.594. The first-order valence-corrected chi connectivity index (χ1v) is 7.07. The second-order valence-electron chi connectivity index (χ2n) is 6.59. The molecule has 0 unspecified atom stereocenters. The van der Waals surface area contributed by atoms with Crippen LogP contribution < -0.4 is 4.73 Å². The highest BCUT2D eigenvalue weighted by atomic mass is 16.5.